The molecule has 3 rings (SSSR count). The first-order chi connectivity index (χ1) is 12.2. The summed E-state index contributed by atoms with van der Waals surface area (Å²) in [5.74, 6) is 1.06. The van der Waals surface area contributed by atoms with E-state index in [0.29, 0.717) is 31.1 Å². The Labute approximate surface area is 147 Å². The van der Waals surface area contributed by atoms with Gasteiger partial charge in [0.25, 0.3) is 0 Å². The number of morpholine rings is 1. The molecule has 7 nitrogen and oxygen atoms in total. The van der Waals surface area contributed by atoms with Gasteiger partial charge in [0, 0.05) is 44.6 Å². The zero-order valence-electron chi connectivity index (χ0n) is 14.5. The van der Waals surface area contributed by atoms with E-state index in [9.17, 15) is 4.79 Å². The molecule has 7 heteroatoms. The Morgan fingerprint density at radius 1 is 1.28 bits per heavy atom. The summed E-state index contributed by atoms with van der Waals surface area (Å²) in [6, 6.07) is 7.89. The van der Waals surface area contributed by atoms with E-state index >= 15 is 0 Å². The summed E-state index contributed by atoms with van der Waals surface area (Å²) >= 11 is 0. The third-order valence-electron chi connectivity index (χ3n) is 4.27. The fourth-order valence-corrected chi connectivity index (χ4v) is 2.78. The maximum atomic E-state index is 11.9. The van der Waals surface area contributed by atoms with Gasteiger partial charge >= 0.3 is 0 Å². The molecule has 0 spiro atoms. The van der Waals surface area contributed by atoms with Crippen LogP contribution in [0.25, 0.3) is 11.4 Å². The lowest BCUT2D eigenvalue weighted by Crippen LogP contribution is -2.41. The van der Waals surface area contributed by atoms with Crippen LogP contribution in [0, 0.1) is 6.92 Å². The zero-order chi connectivity index (χ0) is 17.5. The molecule has 0 atom stereocenters. The number of aromatic nitrogens is 2. The maximum absolute atomic E-state index is 11.9. The van der Waals surface area contributed by atoms with E-state index in [2.05, 4.69) is 20.4 Å². The number of nitrogens with one attached hydrogen (secondary N) is 1. The highest BCUT2D eigenvalue weighted by Gasteiger charge is 2.13. The second kappa shape index (κ2) is 8.73. The minimum absolute atomic E-state index is 0.00361. The number of hydrogen-bond acceptors (Lipinski definition) is 6. The van der Waals surface area contributed by atoms with Crippen molar-refractivity contribution in [3.63, 3.8) is 0 Å². The van der Waals surface area contributed by atoms with Gasteiger partial charge < -0.3 is 14.6 Å². The Bertz CT molecular complexity index is 695. The lowest BCUT2D eigenvalue weighted by molar-refractivity contribution is -0.121. The van der Waals surface area contributed by atoms with Crippen molar-refractivity contribution >= 4 is 5.91 Å². The van der Waals surface area contributed by atoms with Gasteiger partial charge in [0.2, 0.25) is 17.6 Å². The number of nitrogens with zero attached hydrogens (tertiary/aromatic N) is 3. The van der Waals surface area contributed by atoms with Crippen molar-refractivity contribution in [1.29, 1.82) is 0 Å². The molecule has 1 aromatic carbocycles. The lowest BCUT2D eigenvalue weighted by atomic mass is 10.1. The molecule has 0 aliphatic carbocycles. The summed E-state index contributed by atoms with van der Waals surface area (Å²) in [4.78, 5) is 18.6. The van der Waals surface area contributed by atoms with E-state index in [4.69, 9.17) is 9.26 Å². The highest BCUT2D eigenvalue weighted by atomic mass is 16.5. The molecule has 1 N–H and O–H groups in total. The average Bonchev–Trinajstić information content (AvgIpc) is 3.10. The van der Waals surface area contributed by atoms with Gasteiger partial charge in [-0.25, -0.2) is 0 Å². The Morgan fingerprint density at radius 2 is 2.08 bits per heavy atom. The van der Waals surface area contributed by atoms with Gasteiger partial charge in [-0.05, 0) is 12.5 Å². The molecule has 1 aliphatic rings. The van der Waals surface area contributed by atoms with E-state index in [1.807, 2.05) is 31.2 Å². The van der Waals surface area contributed by atoms with Crippen LogP contribution < -0.4 is 5.32 Å². The highest BCUT2D eigenvalue weighted by molar-refractivity contribution is 5.76. The zero-order valence-corrected chi connectivity index (χ0v) is 14.5. The normalized spacial score (nSPS) is 15.2. The molecule has 134 valence electrons. The lowest BCUT2D eigenvalue weighted by Gasteiger charge is -2.26. The SMILES string of the molecule is Cc1ccccc1-c1noc(CCC(=O)NCCN2CCOCC2)n1. The first kappa shape index (κ1) is 17.6. The van der Waals surface area contributed by atoms with Crippen LogP contribution in [0.1, 0.15) is 17.9 Å². The van der Waals surface area contributed by atoms with Crippen LogP contribution in [-0.2, 0) is 16.0 Å². The molecule has 0 radical (unpaired) electrons. The van der Waals surface area contributed by atoms with Crippen molar-refractivity contribution in [3.05, 3.63) is 35.7 Å². The fourth-order valence-electron chi connectivity index (χ4n) is 2.78. The Kier molecular flexibility index (Phi) is 6.14. The second-order valence-electron chi connectivity index (χ2n) is 6.13. The van der Waals surface area contributed by atoms with Crippen LogP contribution in [0.4, 0.5) is 0 Å². The molecule has 0 bridgehead atoms. The van der Waals surface area contributed by atoms with Crippen molar-refractivity contribution in [2.45, 2.75) is 19.8 Å². The van der Waals surface area contributed by atoms with Crippen molar-refractivity contribution in [3.8, 4) is 11.4 Å². The predicted octanol–water partition coefficient (Wildman–Crippen LogP) is 1.43. The minimum atomic E-state index is 0.00361. The molecule has 0 unspecified atom stereocenters. The minimum Gasteiger partial charge on any atom is -0.379 e. The molecule has 1 amide bonds. The smallest absolute Gasteiger partial charge is 0.227 e. The molecule has 2 heterocycles. The van der Waals surface area contributed by atoms with Gasteiger partial charge in [0.05, 0.1) is 13.2 Å². The summed E-state index contributed by atoms with van der Waals surface area (Å²) < 4.78 is 10.6. The van der Waals surface area contributed by atoms with Crippen molar-refractivity contribution in [2.75, 3.05) is 39.4 Å². The van der Waals surface area contributed by atoms with Gasteiger partial charge in [-0.15, -0.1) is 0 Å². The third kappa shape index (κ3) is 5.11. The fraction of sp³-hybridized carbons (Fsp3) is 0.500. The van der Waals surface area contributed by atoms with E-state index in [1.165, 1.54) is 0 Å². The Balaban J connectivity index is 1.41. The van der Waals surface area contributed by atoms with Gasteiger partial charge in [-0.2, -0.15) is 4.98 Å². The van der Waals surface area contributed by atoms with Gasteiger partial charge in [0.1, 0.15) is 0 Å². The Morgan fingerprint density at radius 3 is 2.88 bits per heavy atom. The van der Waals surface area contributed by atoms with Gasteiger partial charge in [-0.1, -0.05) is 29.4 Å². The van der Waals surface area contributed by atoms with Crippen LogP contribution in [0.15, 0.2) is 28.8 Å². The number of rotatable bonds is 7. The van der Waals surface area contributed by atoms with Crippen molar-refractivity contribution in [2.24, 2.45) is 0 Å². The third-order valence-corrected chi connectivity index (χ3v) is 4.27. The predicted molar refractivity (Wildman–Crippen MR) is 93.1 cm³/mol. The number of carbonyl (C=O) groups excluding carboxylic acids is 1. The highest BCUT2D eigenvalue weighted by Crippen LogP contribution is 2.20. The number of aryl methyl sites for hydroxylation is 2. The van der Waals surface area contributed by atoms with E-state index in [-0.39, 0.29) is 5.91 Å². The molecule has 0 saturated carbocycles. The number of hydrogen-bond donors (Lipinski definition) is 1. The number of carbonyl (C=O) groups is 1. The van der Waals surface area contributed by atoms with Crippen LogP contribution in [0.5, 0.6) is 0 Å². The van der Waals surface area contributed by atoms with Crippen LogP contribution in [0.3, 0.4) is 0 Å². The quantitative estimate of drug-likeness (QED) is 0.818. The molecular weight excluding hydrogens is 320 g/mol. The average molecular weight is 344 g/mol. The second-order valence-corrected chi connectivity index (χ2v) is 6.13. The first-order valence-electron chi connectivity index (χ1n) is 8.68. The topological polar surface area (TPSA) is 80.5 Å². The van der Waals surface area contributed by atoms with E-state index in [0.717, 1.165) is 44.0 Å². The van der Waals surface area contributed by atoms with Crippen molar-refractivity contribution < 1.29 is 14.1 Å². The van der Waals surface area contributed by atoms with Crippen LogP contribution >= 0.6 is 0 Å². The van der Waals surface area contributed by atoms with Gasteiger partial charge in [0.15, 0.2) is 0 Å². The summed E-state index contributed by atoms with van der Waals surface area (Å²) in [5.41, 5.74) is 2.04. The maximum Gasteiger partial charge on any atom is 0.227 e. The Hall–Kier alpha value is -2.25. The summed E-state index contributed by atoms with van der Waals surface area (Å²) in [5, 5.41) is 6.95. The standard InChI is InChI=1S/C18H24N4O3/c1-14-4-2-3-5-15(14)18-20-17(25-21-18)7-6-16(23)19-8-9-22-10-12-24-13-11-22/h2-5H,6-13H2,1H3,(H,19,23). The molecule has 1 aromatic heterocycles. The van der Waals surface area contributed by atoms with E-state index in [1.54, 1.807) is 0 Å². The summed E-state index contributed by atoms with van der Waals surface area (Å²) in [6.45, 7) is 6.92. The number of ether oxygens (including phenoxy) is 1. The molecule has 2 aromatic rings. The molecule has 1 aliphatic heterocycles. The molecule has 1 fully saturated rings. The van der Waals surface area contributed by atoms with Gasteiger partial charge in [-0.3, -0.25) is 9.69 Å². The number of benzene rings is 1. The molecule has 1 saturated heterocycles. The monoisotopic (exact) mass is 344 g/mol. The first-order valence-corrected chi connectivity index (χ1v) is 8.68. The number of amides is 1. The van der Waals surface area contributed by atoms with Crippen LogP contribution in [-0.4, -0.2) is 60.3 Å². The van der Waals surface area contributed by atoms with Crippen molar-refractivity contribution in [1.82, 2.24) is 20.4 Å². The largest absolute Gasteiger partial charge is 0.379 e. The van der Waals surface area contributed by atoms with E-state index < -0.39 is 0 Å². The van der Waals surface area contributed by atoms with Crippen LogP contribution in [0.2, 0.25) is 0 Å². The molecule has 25 heavy (non-hydrogen) atoms. The summed E-state index contributed by atoms with van der Waals surface area (Å²) in [6.07, 6.45) is 0.792. The molecular formula is C18H24N4O3. The summed E-state index contributed by atoms with van der Waals surface area (Å²) in [7, 11) is 0.